The van der Waals surface area contributed by atoms with E-state index >= 15 is 0 Å². The van der Waals surface area contributed by atoms with Crippen molar-refractivity contribution in [2.24, 2.45) is 5.10 Å². The van der Waals surface area contributed by atoms with Crippen LogP contribution in [0.25, 0.3) is 0 Å². The van der Waals surface area contributed by atoms with Gasteiger partial charge in [0.15, 0.2) is 0 Å². The van der Waals surface area contributed by atoms with E-state index in [2.05, 4.69) is 15.8 Å². The van der Waals surface area contributed by atoms with Gasteiger partial charge in [0.2, 0.25) is 11.8 Å². The molecule has 0 saturated heterocycles. The van der Waals surface area contributed by atoms with Gasteiger partial charge in [0.25, 0.3) is 0 Å². The van der Waals surface area contributed by atoms with Crippen molar-refractivity contribution < 1.29 is 19.1 Å². The number of aryl methyl sites for hydroxylation is 1. The molecule has 7 heteroatoms. The number of para-hydroxylation sites is 2. The van der Waals surface area contributed by atoms with E-state index in [1.54, 1.807) is 25.3 Å². The lowest BCUT2D eigenvalue weighted by Crippen LogP contribution is -2.20. The average molecular weight is 369 g/mol. The van der Waals surface area contributed by atoms with E-state index in [9.17, 15) is 9.59 Å². The molecule has 0 saturated carbocycles. The zero-order valence-electron chi connectivity index (χ0n) is 15.6. The van der Waals surface area contributed by atoms with E-state index in [0.29, 0.717) is 11.4 Å². The highest BCUT2D eigenvalue weighted by Gasteiger charge is 2.09. The summed E-state index contributed by atoms with van der Waals surface area (Å²) in [4.78, 5) is 23.8. The molecule has 0 spiro atoms. The van der Waals surface area contributed by atoms with E-state index in [1.165, 1.54) is 13.3 Å². The first kappa shape index (κ1) is 20.0. The summed E-state index contributed by atoms with van der Waals surface area (Å²) in [5.74, 6) is 0.689. The van der Waals surface area contributed by atoms with Crippen molar-refractivity contribution in [1.29, 1.82) is 0 Å². The number of amides is 2. The van der Waals surface area contributed by atoms with Gasteiger partial charge in [0.1, 0.15) is 11.5 Å². The molecule has 142 valence electrons. The van der Waals surface area contributed by atoms with E-state index in [0.717, 1.165) is 16.9 Å². The molecule has 2 aromatic rings. The van der Waals surface area contributed by atoms with Crippen molar-refractivity contribution in [3.63, 3.8) is 0 Å². The molecule has 2 amide bonds. The number of carbonyl (C=O) groups excluding carboxylic acids is 2. The first-order chi connectivity index (χ1) is 13.0. The van der Waals surface area contributed by atoms with E-state index in [1.807, 2.05) is 31.2 Å². The molecule has 7 nitrogen and oxygen atoms in total. The molecule has 0 unspecified atom stereocenters. The third kappa shape index (κ3) is 6.14. The van der Waals surface area contributed by atoms with E-state index < -0.39 is 0 Å². The molecule has 0 aliphatic heterocycles. The fourth-order valence-corrected chi connectivity index (χ4v) is 2.34. The molecule has 0 aromatic heterocycles. The highest BCUT2D eigenvalue weighted by atomic mass is 16.5. The zero-order valence-corrected chi connectivity index (χ0v) is 15.6. The van der Waals surface area contributed by atoms with Crippen molar-refractivity contribution in [2.45, 2.75) is 19.8 Å². The summed E-state index contributed by atoms with van der Waals surface area (Å²) in [5.41, 5.74) is 4.79. The smallest absolute Gasteiger partial charge is 0.240 e. The number of hydrogen-bond acceptors (Lipinski definition) is 5. The quantitative estimate of drug-likeness (QED) is 0.553. The van der Waals surface area contributed by atoms with Gasteiger partial charge in [-0.25, -0.2) is 5.43 Å². The number of anilines is 1. The summed E-state index contributed by atoms with van der Waals surface area (Å²) in [7, 11) is 3.13. The topological polar surface area (TPSA) is 89.0 Å². The Balaban J connectivity index is 1.79. The summed E-state index contributed by atoms with van der Waals surface area (Å²) in [6, 6.07) is 12.7. The lowest BCUT2D eigenvalue weighted by molar-refractivity contribution is -0.124. The van der Waals surface area contributed by atoms with Crippen LogP contribution >= 0.6 is 0 Å². The molecule has 0 radical (unpaired) electrons. The second kappa shape index (κ2) is 9.96. The number of hydrazone groups is 1. The molecule has 27 heavy (non-hydrogen) atoms. The summed E-state index contributed by atoms with van der Waals surface area (Å²) in [6.45, 7) is 1.94. The Morgan fingerprint density at radius 3 is 2.44 bits per heavy atom. The number of nitrogens with zero attached hydrogens (tertiary/aromatic N) is 1. The van der Waals surface area contributed by atoms with Gasteiger partial charge in [-0.1, -0.05) is 24.3 Å². The molecule has 0 heterocycles. The van der Waals surface area contributed by atoms with Crippen LogP contribution in [0, 0.1) is 6.92 Å². The Hall–Kier alpha value is -3.35. The van der Waals surface area contributed by atoms with Gasteiger partial charge in [0.05, 0.1) is 26.1 Å². The Morgan fingerprint density at radius 2 is 1.70 bits per heavy atom. The van der Waals surface area contributed by atoms with Gasteiger partial charge in [0, 0.05) is 12.8 Å². The second-order valence-corrected chi connectivity index (χ2v) is 5.77. The molecule has 0 atom stereocenters. The minimum Gasteiger partial charge on any atom is -0.496 e. The van der Waals surface area contributed by atoms with Gasteiger partial charge in [-0.05, 0) is 36.2 Å². The predicted octanol–water partition coefficient (Wildman–Crippen LogP) is 2.88. The molecule has 0 aliphatic carbocycles. The molecular weight excluding hydrogens is 346 g/mol. The Bertz CT molecular complexity index is 834. The van der Waals surface area contributed by atoms with Crippen molar-refractivity contribution >= 4 is 23.7 Å². The van der Waals surface area contributed by atoms with Crippen LogP contribution in [0.2, 0.25) is 0 Å². The standard InChI is InChI=1S/C20H23N3O4/c1-14-8-9-15(12-18(14)27-3)13-21-23-20(25)11-10-19(24)22-16-6-4-5-7-17(16)26-2/h4-9,12-13H,10-11H2,1-3H3,(H,22,24)(H,23,25). The SMILES string of the molecule is COc1cc(C=NNC(=O)CCC(=O)Nc2ccccc2OC)ccc1C. The predicted molar refractivity (Wildman–Crippen MR) is 104 cm³/mol. The van der Waals surface area contributed by atoms with Gasteiger partial charge in [-0.15, -0.1) is 0 Å². The fraction of sp³-hybridized carbons (Fsp3) is 0.250. The molecule has 2 aromatic carbocycles. The first-order valence-corrected chi connectivity index (χ1v) is 8.43. The summed E-state index contributed by atoms with van der Waals surface area (Å²) in [6.07, 6.45) is 1.59. The minimum absolute atomic E-state index is 0.0234. The number of nitrogens with one attached hydrogen (secondary N) is 2. The maximum absolute atomic E-state index is 12.0. The van der Waals surface area contributed by atoms with Crippen molar-refractivity contribution in [2.75, 3.05) is 19.5 Å². The third-order valence-corrected chi connectivity index (χ3v) is 3.80. The molecule has 0 fully saturated rings. The summed E-state index contributed by atoms with van der Waals surface area (Å²) < 4.78 is 10.4. The largest absolute Gasteiger partial charge is 0.496 e. The number of methoxy groups -OCH3 is 2. The van der Waals surface area contributed by atoms with Crippen molar-refractivity contribution in [3.05, 3.63) is 53.6 Å². The van der Waals surface area contributed by atoms with Crippen molar-refractivity contribution in [1.82, 2.24) is 5.43 Å². The van der Waals surface area contributed by atoms with Crippen LogP contribution < -0.4 is 20.2 Å². The number of hydrogen-bond donors (Lipinski definition) is 2. The lowest BCUT2D eigenvalue weighted by atomic mass is 10.1. The number of rotatable bonds is 8. The average Bonchev–Trinajstić information content (AvgIpc) is 2.68. The van der Waals surface area contributed by atoms with Gasteiger partial charge in [-0.3, -0.25) is 9.59 Å². The fourth-order valence-electron chi connectivity index (χ4n) is 2.34. The maximum atomic E-state index is 12.0. The van der Waals surface area contributed by atoms with Gasteiger partial charge >= 0.3 is 0 Å². The summed E-state index contributed by atoms with van der Waals surface area (Å²) >= 11 is 0. The third-order valence-electron chi connectivity index (χ3n) is 3.80. The van der Waals surface area contributed by atoms with Crippen LogP contribution in [0.5, 0.6) is 11.5 Å². The van der Waals surface area contributed by atoms with Crippen LogP contribution in [0.4, 0.5) is 5.69 Å². The van der Waals surface area contributed by atoms with Crippen LogP contribution in [-0.2, 0) is 9.59 Å². The number of benzene rings is 2. The lowest BCUT2D eigenvalue weighted by Gasteiger charge is -2.09. The molecule has 2 rings (SSSR count). The van der Waals surface area contributed by atoms with E-state index in [-0.39, 0.29) is 24.7 Å². The van der Waals surface area contributed by atoms with Crippen LogP contribution in [0.15, 0.2) is 47.6 Å². The highest BCUT2D eigenvalue weighted by Crippen LogP contribution is 2.23. The maximum Gasteiger partial charge on any atom is 0.240 e. The molecular formula is C20H23N3O4. The van der Waals surface area contributed by atoms with Crippen LogP contribution in [0.1, 0.15) is 24.0 Å². The molecule has 0 bridgehead atoms. The molecule has 0 aliphatic rings. The Morgan fingerprint density at radius 1 is 1.00 bits per heavy atom. The normalized spacial score (nSPS) is 10.5. The summed E-state index contributed by atoms with van der Waals surface area (Å²) in [5, 5.41) is 6.62. The van der Waals surface area contributed by atoms with Crippen molar-refractivity contribution in [3.8, 4) is 11.5 Å². The monoisotopic (exact) mass is 369 g/mol. The second-order valence-electron chi connectivity index (χ2n) is 5.77. The molecule has 2 N–H and O–H groups in total. The Kier molecular flexibility index (Phi) is 7.37. The number of carbonyl (C=O) groups is 2. The first-order valence-electron chi connectivity index (χ1n) is 8.43. The number of ether oxygens (including phenoxy) is 2. The highest BCUT2D eigenvalue weighted by molar-refractivity contribution is 5.94. The van der Waals surface area contributed by atoms with E-state index in [4.69, 9.17) is 9.47 Å². The van der Waals surface area contributed by atoms with Gasteiger partial charge < -0.3 is 14.8 Å². The zero-order chi connectivity index (χ0) is 19.6. The van der Waals surface area contributed by atoms with Crippen LogP contribution in [0.3, 0.4) is 0 Å². The van der Waals surface area contributed by atoms with Gasteiger partial charge in [-0.2, -0.15) is 5.10 Å². The minimum atomic E-state index is -0.347. The Labute approximate surface area is 158 Å². The van der Waals surface area contributed by atoms with Crippen LogP contribution in [-0.4, -0.2) is 32.2 Å².